The molecule has 1 amide bonds. The van der Waals surface area contributed by atoms with Crippen LogP contribution in [0.5, 0.6) is 0 Å². The summed E-state index contributed by atoms with van der Waals surface area (Å²) in [7, 11) is 2.07. The maximum absolute atomic E-state index is 12.3. The summed E-state index contributed by atoms with van der Waals surface area (Å²) < 4.78 is 0. The van der Waals surface area contributed by atoms with Gasteiger partial charge in [0.05, 0.1) is 0 Å². The smallest absolute Gasteiger partial charge is 0.226 e. The molecule has 18 heavy (non-hydrogen) atoms. The molecule has 1 saturated heterocycles. The van der Waals surface area contributed by atoms with E-state index >= 15 is 0 Å². The molecular weight excluding hydrogens is 226 g/mol. The van der Waals surface area contributed by atoms with Gasteiger partial charge >= 0.3 is 0 Å². The number of nitrogens with zero attached hydrogens (tertiary/aromatic N) is 1. The summed E-state index contributed by atoms with van der Waals surface area (Å²) in [5.74, 6) is 0.649. The number of carbonyl (C=O) groups excluding carboxylic acids is 1. The SMILES string of the molecule is CCN(C)CCNC(=O)C(C)(C)C1CCCNC1. The standard InChI is InChI=1S/C14H29N3O/c1-5-17(4)10-9-16-13(18)14(2,3)12-7-6-8-15-11-12/h12,15H,5-11H2,1-4H3,(H,16,18). The van der Waals surface area contributed by atoms with Gasteiger partial charge in [-0.3, -0.25) is 4.79 Å². The van der Waals surface area contributed by atoms with Crippen LogP contribution in [0.4, 0.5) is 0 Å². The maximum atomic E-state index is 12.3. The lowest BCUT2D eigenvalue weighted by atomic mass is 9.74. The summed E-state index contributed by atoms with van der Waals surface area (Å²) >= 11 is 0. The molecular formula is C14H29N3O. The van der Waals surface area contributed by atoms with Crippen molar-refractivity contribution in [2.24, 2.45) is 11.3 Å². The van der Waals surface area contributed by atoms with E-state index in [4.69, 9.17) is 0 Å². The summed E-state index contributed by atoms with van der Waals surface area (Å²) in [4.78, 5) is 14.5. The van der Waals surface area contributed by atoms with Gasteiger partial charge in [0.25, 0.3) is 0 Å². The van der Waals surface area contributed by atoms with Crippen molar-refractivity contribution < 1.29 is 4.79 Å². The van der Waals surface area contributed by atoms with Gasteiger partial charge in [-0.2, -0.15) is 0 Å². The first-order valence-electron chi connectivity index (χ1n) is 7.16. The molecule has 0 radical (unpaired) electrons. The van der Waals surface area contributed by atoms with Crippen LogP contribution in [0, 0.1) is 11.3 Å². The second-order valence-electron chi connectivity index (χ2n) is 5.92. The van der Waals surface area contributed by atoms with E-state index in [-0.39, 0.29) is 11.3 Å². The molecule has 1 atom stereocenters. The van der Waals surface area contributed by atoms with E-state index in [9.17, 15) is 4.79 Å². The Morgan fingerprint density at radius 3 is 2.78 bits per heavy atom. The lowest BCUT2D eigenvalue weighted by Gasteiger charge is -2.36. The maximum Gasteiger partial charge on any atom is 0.226 e. The van der Waals surface area contributed by atoms with Crippen molar-refractivity contribution in [3.8, 4) is 0 Å². The van der Waals surface area contributed by atoms with Gasteiger partial charge in [0.15, 0.2) is 0 Å². The number of nitrogens with one attached hydrogen (secondary N) is 2. The highest BCUT2D eigenvalue weighted by Crippen LogP contribution is 2.31. The van der Waals surface area contributed by atoms with E-state index in [1.54, 1.807) is 0 Å². The van der Waals surface area contributed by atoms with E-state index in [2.05, 4.69) is 43.4 Å². The topological polar surface area (TPSA) is 44.4 Å². The van der Waals surface area contributed by atoms with Gasteiger partial charge < -0.3 is 15.5 Å². The molecule has 1 fully saturated rings. The Morgan fingerprint density at radius 2 is 2.22 bits per heavy atom. The molecule has 1 aliphatic heterocycles. The first kappa shape index (κ1) is 15.4. The molecule has 106 valence electrons. The van der Waals surface area contributed by atoms with Crippen LogP contribution in [-0.2, 0) is 4.79 Å². The molecule has 0 aliphatic carbocycles. The molecule has 1 aliphatic rings. The minimum absolute atomic E-state index is 0.195. The second kappa shape index (κ2) is 7.10. The Morgan fingerprint density at radius 1 is 1.50 bits per heavy atom. The Bertz CT molecular complexity index is 260. The van der Waals surface area contributed by atoms with Crippen molar-refractivity contribution in [1.29, 1.82) is 0 Å². The zero-order valence-corrected chi connectivity index (χ0v) is 12.4. The van der Waals surface area contributed by atoms with Crippen molar-refractivity contribution in [3.63, 3.8) is 0 Å². The Kier molecular flexibility index (Phi) is 6.09. The predicted octanol–water partition coefficient (Wildman–Crippen LogP) is 1.08. The molecule has 0 aromatic heterocycles. The van der Waals surface area contributed by atoms with Crippen LogP contribution in [0.3, 0.4) is 0 Å². The largest absolute Gasteiger partial charge is 0.354 e. The van der Waals surface area contributed by atoms with Crippen molar-refractivity contribution >= 4 is 5.91 Å². The fraction of sp³-hybridized carbons (Fsp3) is 0.929. The number of hydrogen-bond donors (Lipinski definition) is 2. The number of rotatable bonds is 6. The molecule has 4 heteroatoms. The molecule has 0 saturated carbocycles. The summed E-state index contributed by atoms with van der Waals surface area (Å²) in [6.45, 7) is 11.0. The van der Waals surface area contributed by atoms with Crippen LogP contribution in [0.15, 0.2) is 0 Å². The van der Waals surface area contributed by atoms with Gasteiger partial charge in [-0.05, 0) is 45.4 Å². The summed E-state index contributed by atoms with van der Waals surface area (Å²) in [6, 6.07) is 0. The molecule has 0 spiro atoms. The normalized spacial score (nSPS) is 21.1. The summed E-state index contributed by atoms with van der Waals surface area (Å²) in [5, 5.41) is 6.47. The van der Waals surface area contributed by atoms with Crippen molar-refractivity contribution in [2.45, 2.75) is 33.6 Å². The Hall–Kier alpha value is -0.610. The van der Waals surface area contributed by atoms with Crippen LogP contribution in [0.1, 0.15) is 33.6 Å². The number of likely N-dealkylation sites (N-methyl/N-ethyl adjacent to an activating group) is 1. The highest BCUT2D eigenvalue weighted by molar-refractivity contribution is 5.82. The van der Waals surface area contributed by atoms with Gasteiger partial charge in [-0.1, -0.05) is 20.8 Å². The fourth-order valence-corrected chi connectivity index (χ4v) is 2.40. The number of hydrogen-bond acceptors (Lipinski definition) is 3. The number of carbonyl (C=O) groups is 1. The minimum Gasteiger partial charge on any atom is -0.354 e. The molecule has 1 unspecified atom stereocenters. The highest BCUT2D eigenvalue weighted by Gasteiger charge is 2.36. The van der Waals surface area contributed by atoms with Crippen LogP contribution in [-0.4, -0.2) is 50.6 Å². The first-order valence-corrected chi connectivity index (χ1v) is 7.16. The average Bonchev–Trinajstić information content (AvgIpc) is 2.39. The summed E-state index contributed by atoms with van der Waals surface area (Å²) in [5.41, 5.74) is -0.266. The van der Waals surface area contributed by atoms with Gasteiger partial charge in [0.2, 0.25) is 5.91 Å². The monoisotopic (exact) mass is 255 g/mol. The predicted molar refractivity (Wildman–Crippen MR) is 75.6 cm³/mol. The zero-order chi connectivity index (χ0) is 13.6. The third kappa shape index (κ3) is 4.25. The van der Waals surface area contributed by atoms with Gasteiger partial charge in [0, 0.05) is 18.5 Å². The lowest BCUT2D eigenvalue weighted by Crippen LogP contribution is -2.48. The Balaban J connectivity index is 2.38. The lowest BCUT2D eigenvalue weighted by molar-refractivity contribution is -0.132. The van der Waals surface area contributed by atoms with E-state index in [0.29, 0.717) is 5.92 Å². The van der Waals surface area contributed by atoms with E-state index in [0.717, 1.165) is 39.1 Å². The van der Waals surface area contributed by atoms with Gasteiger partial charge in [0.1, 0.15) is 0 Å². The average molecular weight is 255 g/mol. The van der Waals surface area contributed by atoms with E-state index in [1.165, 1.54) is 6.42 Å². The molecule has 0 aromatic rings. The number of piperidine rings is 1. The molecule has 0 aromatic carbocycles. The fourth-order valence-electron chi connectivity index (χ4n) is 2.40. The molecule has 0 bridgehead atoms. The molecule has 2 N–H and O–H groups in total. The Labute approximate surface area is 111 Å². The van der Waals surface area contributed by atoms with E-state index < -0.39 is 0 Å². The van der Waals surface area contributed by atoms with Crippen molar-refractivity contribution in [2.75, 3.05) is 39.8 Å². The van der Waals surface area contributed by atoms with Crippen molar-refractivity contribution in [3.05, 3.63) is 0 Å². The van der Waals surface area contributed by atoms with Crippen LogP contribution >= 0.6 is 0 Å². The second-order valence-corrected chi connectivity index (χ2v) is 5.92. The first-order chi connectivity index (χ1) is 8.48. The number of amides is 1. The molecule has 1 rings (SSSR count). The van der Waals surface area contributed by atoms with Crippen molar-refractivity contribution in [1.82, 2.24) is 15.5 Å². The van der Waals surface area contributed by atoms with Gasteiger partial charge in [-0.15, -0.1) is 0 Å². The van der Waals surface area contributed by atoms with Crippen LogP contribution < -0.4 is 10.6 Å². The highest BCUT2D eigenvalue weighted by atomic mass is 16.2. The quantitative estimate of drug-likeness (QED) is 0.746. The molecule has 1 heterocycles. The van der Waals surface area contributed by atoms with E-state index in [1.807, 2.05) is 0 Å². The van der Waals surface area contributed by atoms with Crippen LogP contribution in [0.2, 0.25) is 0 Å². The van der Waals surface area contributed by atoms with Crippen LogP contribution in [0.25, 0.3) is 0 Å². The molecule has 4 nitrogen and oxygen atoms in total. The van der Waals surface area contributed by atoms with Gasteiger partial charge in [-0.25, -0.2) is 0 Å². The zero-order valence-electron chi connectivity index (χ0n) is 12.4. The minimum atomic E-state index is -0.266. The summed E-state index contributed by atoms with van der Waals surface area (Å²) in [6.07, 6.45) is 2.34. The third-order valence-corrected chi connectivity index (χ3v) is 4.22. The third-order valence-electron chi connectivity index (χ3n) is 4.22.